The molecule has 0 atom stereocenters. The van der Waals surface area contributed by atoms with Crippen LogP contribution in [0, 0.1) is 0 Å². The summed E-state index contributed by atoms with van der Waals surface area (Å²) in [5.41, 5.74) is -2.51. The van der Waals surface area contributed by atoms with Crippen LogP contribution < -0.4 is 29.0 Å². The Balaban J connectivity index is 0.00000225. The predicted molar refractivity (Wildman–Crippen MR) is 43.0 cm³/mol. The molecule has 4 nitrogen and oxygen atoms in total. The van der Waals surface area contributed by atoms with Crippen LogP contribution in [-0.2, 0) is 4.74 Å². The molecule has 1 aromatic heterocycles. The van der Waals surface area contributed by atoms with Gasteiger partial charge in [0.05, 0.1) is 0 Å². The third kappa shape index (κ3) is 3.35. The highest BCUT2D eigenvalue weighted by molar-refractivity contribution is 5.70. The molecule has 0 radical (unpaired) electrons. The molecule has 8 heteroatoms. The number of carbonyl (C=O) groups is 1. The summed E-state index contributed by atoms with van der Waals surface area (Å²) in [5, 5.41) is 0. The molecule has 0 saturated carbocycles. The fourth-order valence-corrected chi connectivity index (χ4v) is 0.732. The Morgan fingerprint density at radius 3 is 2.31 bits per heavy atom. The standard InChI is InChI=1S/C8H9F3N2O2.HI/c1-7(2,8(9,10)11)15-6(14)13-4-3-12-5-13;/h3-5H,1-2H3;1H. The molecule has 0 spiro atoms. The number of aromatic amines is 1. The number of hydrogen-bond donors (Lipinski definition) is 0. The SMILES string of the molecule is CC(C)(OC(=O)n1cc[nH+]c1)C(F)(F)F.[I-]. The Morgan fingerprint density at radius 2 is 1.94 bits per heavy atom. The zero-order chi connectivity index (χ0) is 11.7. The zero-order valence-corrected chi connectivity index (χ0v) is 10.7. The average molecular weight is 350 g/mol. The summed E-state index contributed by atoms with van der Waals surface area (Å²) in [4.78, 5) is 13.7. The van der Waals surface area contributed by atoms with Crippen molar-refractivity contribution < 1.29 is 51.7 Å². The minimum absolute atomic E-state index is 0. The van der Waals surface area contributed by atoms with Crippen LogP contribution in [0.15, 0.2) is 18.7 Å². The molecule has 16 heavy (non-hydrogen) atoms. The van der Waals surface area contributed by atoms with E-state index in [9.17, 15) is 18.0 Å². The van der Waals surface area contributed by atoms with Gasteiger partial charge in [0.25, 0.3) is 6.33 Å². The molecule has 0 aliphatic heterocycles. The quantitative estimate of drug-likeness (QED) is 0.587. The van der Waals surface area contributed by atoms with E-state index in [4.69, 9.17) is 0 Å². The van der Waals surface area contributed by atoms with E-state index in [1.807, 2.05) is 0 Å². The number of imidazole rings is 1. The lowest BCUT2D eigenvalue weighted by atomic mass is 10.1. The molecule has 1 rings (SSSR count). The van der Waals surface area contributed by atoms with Crippen molar-refractivity contribution >= 4 is 6.09 Å². The summed E-state index contributed by atoms with van der Waals surface area (Å²) >= 11 is 0. The van der Waals surface area contributed by atoms with Crippen LogP contribution in [0.3, 0.4) is 0 Å². The second kappa shape index (κ2) is 5.02. The number of nitrogens with zero attached hydrogens (tertiary/aromatic N) is 1. The highest BCUT2D eigenvalue weighted by Crippen LogP contribution is 2.33. The van der Waals surface area contributed by atoms with Crippen molar-refractivity contribution in [1.82, 2.24) is 4.57 Å². The zero-order valence-electron chi connectivity index (χ0n) is 8.51. The molecule has 0 saturated heterocycles. The number of H-pyrrole nitrogens is 1. The van der Waals surface area contributed by atoms with Gasteiger partial charge in [-0.15, -0.1) is 4.57 Å². The van der Waals surface area contributed by atoms with Crippen molar-refractivity contribution in [3.05, 3.63) is 18.7 Å². The number of halogens is 4. The molecular formula is C8H10F3IN2O2. The van der Waals surface area contributed by atoms with E-state index in [0.717, 1.165) is 18.4 Å². The Bertz CT molecular complexity index is 349. The van der Waals surface area contributed by atoms with Gasteiger partial charge in [-0.05, 0) is 13.8 Å². The summed E-state index contributed by atoms with van der Waals surface area (Å²) in [6, 6.07) is 0. The molecule has 1 heterocycles. The van der Waals surface area contributed by atoms with Crippen LogP contribution in [0.1, 0.15) is 13.8 Å². The van der Waals surface area contributed by atoms with Crippen LogP contribution >= 0.6 is 0 Å². The normalized spacial score (nSPS) is 11.8. The monoisotopic (exact) mass is 350 g/mol. The van der Waals surface area contributed by atoms with Gasteiger partial charge in [0, 0.05) is 0 Å². The van der Waals surface area contributed by atoms with Gasteiger partial charge in [0.15, 0.2) is 0 Å². The van der Waals surface area contributed by atoms with Crippen LogP contribution in [0.4, 0.5) is 18.0 Å². The third-order valence-electron chi connectivity index (χ3n) is 1.78. The van der Waals surface area contributed by atoms with Gasteiger partial charge in [-0.25, -0.2) is 4.98 Å². The molecule has 1 N–H and O–H groups in total. The van der Waals surface area contributed by atoms with E-state index in [0.29, 0.717) is 0 Å². The van der Waals surface area contributed by atoms with Gasteiger partial charge < -0.3 is 28.7 Å². The first-order chi connectivity index (χ1) is 6.74. The molecule has 0 aliphatic carbocycles. The third-order valence-corrected chi connectivity index (χ3v) is 1.78. The number of alkyl halides is 3. The van der Waals surface area contributed by atoms with Gasteiger partial charge in [-0.2, -0.15) is 18.0 Å². The van der Waals surface area contributed by atoms with E-state index in [-0.39, 0.29) is 24.0 Å². The Morgan fingerprint density at radius 1 is 1.38 bits per heavy atom. The lowest BCUT2D eigenvalue weighted by Gasteiger charge is -2.25. The van der Waals surface area contributed by atoms with Crippen molar-refractivity contribution in [2.45, 2.75) is 25.6 Å². The molecule has 0 fully saturated rings. The van der Waals surface area contributed by atoms with Crippen molar-refractivity contribution in [1.29, 1.82) is 0 Å². The van der Waals surface area contributed by atoms with Crippen LogP contribution in [0.5, 0.6) is 0 Å². The molecule has 0 unspecified atom stereocenters. The first-order valence-corrected chi connectivity index (χ1v) is 4.08. The molecule has 1 aromatic rings. The van der Waals surface area contributed by atoms with Crippen molar-refractivity contribution in [2.75, 3.05) is 0 Å². The van der Waals surface area contributed by atoms with Gasteiger partial charge >= 0.3 is 12.3 Å². The van der Waals surface area contributed by atoms with Crippen molar-refractivity contribution in [3.8, 4) is 0 Å². The maximum Gasteiger partial charge on any atom is 0.512 e. The second-order valence-electron chi connectivity index (χ2n) is 3.39. The number of carbonyl (C=O) groups excluding carboxylic acids is 1. The van der Waals surface area contributed by atoms with E-state index >= 15 is 0 Å². The second-order valence-corrected chi connectivity index (χ2v) is 3.39. The summed E-state index contributed by atoms with van der Waals surface area (Å²) in [6.45, 7) is 1.58. The molecular weight excluding hydrogens is 340 g/mol. The molecule has 0 aromatic carbocycles. The van der Waals surface area contributed by atoms with Crippen molar-refractivity contribution in [3.63, 3.8) is 0 Å². The largest absolute Gasteiger partial charge is 1.00 e. The van der Waals surface area contributed by atoms with E-state index < -0.39 is 17.9 Å². The van der Waals surface area contributed by atoms with Crippen LogP contribution in [-0.4, -0.2) is 22.4 Å². The summed E-state index contributed by atoms with van der Waals surface area (Å²) in [5.74, 6) is 0. The van der Waals surface area contributed by atoms with Gasteiger partial charge in [0.2, 0.25) is 5.60 Å². The molecule has 0 bridgehead atoms. The lowest BCUT2D eigenvalue weighted by Crippen LogP contribution is -3.00. The summed E-state index contributed by atoms with van der Waals surface area (Å²) in [7, 11) is 0. The minimum Gasteiger partial charge on any atom is -1.00 e. The highest BCUT2D eigenvalue weighted by atomic mass is 127. The maximum absolute atomic E-state index is 12.3. The Hall–Kier alpha value is -0.800. The van der Waals surface area contributed by atoms with Gasteiger partial charge in [0.1, 0.15) is 12.4 Å². The molecule has 92 valence electrons. The number of aromatic nitrogens is 2. The number of hydrogen-bond acceptors (Lipinski definition) is 2. The van der Waals surface area contributed by atoms with Crippen LogP contribution in [0.2, 0.25) is 0 Å². The molecule has 0 aliphatic rings. The topological polar surface area (TPSA) is 45.4 Å². The number of rotatable bonds is 1. The van der Waals surface area contributed by atoms with Gasteiger partial charge in [-0.1, -0.05) is 0 Å². The number of nitrogens with one attached hydrogen (secondary N) is 1. The van der Waals surface area contributed by atoms with E-state index in [2.05, 4.69) is 9.72 Å². The van der Waals surface area contributed by atoms with Gasteiger partial charge in [-0.3, -0.25) is 0 Å². The fourth-order valence-electron chi connectivity index (χ4n) is 0.732. The first kappa shape index (κ1) is 15.2. The molecule has 0 amide bonds. The van der Waals surface area contributed by atoms with E-state index in [1.54, 1.807) is 0 Å². The first-order valence-electron chi connectivity index (χ1n) is 4.08. The fraction of sp³-hybridized carbons (Fsp3) is 0.500. The number of ether oxygens (including phenoxy) is 1. The summed E-state index contributed by atoms with van der Waals surface area (Å²) in [6.07, 6.45) is -1.84. The highest BCUT2D eigenvalue weighted by Gasteiger charge is 2.51. The minimum atomic E-state index is -4.60. The van der Waals surface area contributed by atoms with Crippen molar-refractivity contribution in [2.24, 2.45) is 0 Å². The summed E-state index contributed by atoms with van der Waals surface area (Å²) < 4.78 is 42.2. The Labute approximate surface area is 107 Å². The lowest BCUT2D eigenvalue weighted by molar-refractivity contribution is -0.376. The maximum atomic E-state index is 12.3. The average Bonchev–Trinajstić information content (AvgIpc) is 2.51. The van der Waals surface area contributed by atoms with E-state index in [1.165, 1.54) is 18.7 Å². The van der Waals surface area contributed by atoms with Crippen LogP contribution in [0.25, 0.3) is 0 Å². The predicted octanol–water partition coefficient (Wildman–Crippen LogP) is -1.37. The Kier molecular flexibility index (Phi) is 4.77. The smallest absolute Gasteiger partial charge is 0.512 e.